The van der Waals surface area contributed by atoms with Gasteiger partial charge in [-0.25, -0.2) is 4.98 Å². The summed E-state index contributed by atoms with van der Waals surface area (Å²) in [5, 5.41) is 0. The van der Waals surface area contributed by atoms with E-state index < -0.39 is 0 Å². The van der Waals surface area contributed by atoms with E-state index in [1.165, 1.54) is 18.4 Å². The average Bonchev–Trinajstić information content (AvgIpc) is 2.64. The Morgan fingerprint density at radius 2 is 1.81 bits per heavy atom. The second-order valence-electron chi connectivity index (χ2n) is 6.11. The van der Waals surface area contributed by atoms with Crippen LogP contribution in [0.15, 0.2) is 39.8 Å². The van der Waals surface area contributed by atoms with Crippen molar-refractivity contribution in [3.63, 3.8) is 0 Å². The Kier molecular flexibility index (Phi) is 2.81. The number of aromatic nitrogens is 1. The monoisotopic (exact) mass is 278 g/mol. The van der Waals surface area contributed by atoms with Crippen LogP contribution in [0.25, 0.3) is 17.0 Å². The summed E-state index contributed by atoms with van der Waals surface area (Å²) in [6.45, 7) is 4.05. The normalized spacial score (nSPS) is 23.4. The molecular weight excluding hydrogens is 260 g/mol. The van der Waals surface area contributed by atoms with E-state index in [9.17, 15) is 0 Å². The first-order valence-corrected chi connectivity index (χ1v) is 7.50. The van der Waals surface area contributed by atoms with Crippen LogP contribution < -0.4 is 0 Å². The van der Waals surface area contributed by atoms with Crippen molar-refractivity contribution in [1.29, 1.82) is 0 Å². The minimum Gasteiger partial charge on any atom is -0.440 e. The van der Waals surface area contributed by atoms with Crippen molar-refractivity contribution in [2.45, 2.75) is 26.7 Å². The van der Waals surface area contributed by atoms with Gasteiger partial charge in [-0.05, 0) is 38.5 Å². The zero-order valence-corrected chi connectivity index (χ0v) is 12.3. The molecule has 106 valence electrons. The minimum atomic E-state index is 0.641. The lowest BCUT2D eigenvalue weighted by atomic mass is 9.76. The Hall–Kier alpha value is -2.16. The molecule has 1 saturated carbocycles. The molecule has 0 unspecified atom stereocenters. The Bertz CT molecular complexity index is 731. The van der Waals surface area contributed by atoms with E-state index in [0.29, 0.717) is 17.7 Å². The Balaban J connectivity index is 1.72. The predicted octanol–water partition coefficient (Wildman–Crippen LogP) is 4.41. The molecule has 0 N–H and O–H groups in total. The summed E-state index contributed by atoms with van der Waals surface area (Å²) >= 11 is 0. The van der Waals surface area contributed by atoms with Crippen LogP contribution in [-0.2, 0) is 0 Å². The molecule has 21 heavy (non-hydrogen) atoms. The third-order valence-corrected chi connectivity index (χ3v) is 4.37. The van der Waals surface area contributed by atoms with Crippen LogP contribution in [0.2, 0.25) is 0 Å². The molecule has 0 saturated heterocycles. The van der Waals surface area contributed by atoms with E-state index in [4.69, 9.17) is 4.42 Å². The van der Waals surface area contributed by atoms with Gasteiger partial charge in [0.05, 0.1) is 0 Å². The molecule has 1 aromatic heterocycles. The molecule has 0 amide bonds. The van der Waals surface area contributed by atoms with Crippen molar-refractivity contribution >= 4 is 11.9 Å². The van der Waals surface area contributed by atoms with Crippen molar-refractivity contribution in [2.24, 2.45) is 16.8 Å². The fourth-order valence-electron chi connectivity index (χ4n) is 3.03. The Morgan fingerprint density at radius 3 is 2.57 bits per heavy atom. The maximum atomic E-state index is 5.87. The summed E-state index contributed by atoms with van der Waals surface area (Å²) in [7, 11) is 0. The minimum absolute atomic E-state index is 0.641. The summed E-state index contributed by atoms with van der Waals surface area (Å²) in [5.41, 5.74) is 4.14. The highest BCUT2D eigenvalue weighted by Gasteiger charge is 2.30. The van der Waals surface area contributed by atoms with Crippen molar-refractivity contribution in [3.05, 3.63) is 47.6 Å². The van der Waals surface area contributed by atoms with E-state index in [1.807, 2.05) is 6.92 Å². The first-order chi connectivity index (χ1) is 10.2. The van der Waals surface area contributed by atoms with Gasteiger partial charge < -0.3 is 4.42 Å². The summed E-state index contributed by atoms with van der Waals surface area (Å²) in [6, 6.07) is 8.37. The molecule has 3 heterocycles. The van der Waals surface area contributed by atoms with Crippen LogP contribution in [-0.4, -0.2) is 11.2 Å². The second-order valence-corrected chi connectivity index (χ2v) is 6.11. The van der Waals surface area contributed by atoms with Crippen LogP contribution in [0.3, 0.4) is 0 Å². The van der Waals surface area contributed by atoms with Gasteiger partial charge in [0, 0.05) is 11.8 Å². The summed E-state index contributed by atoms with van der Waals surface area (Å²) in [5.74, 6) is 2.78. The Labute approximate surface area is 124 Å². The van der Waals surface area contributed by atoms with Crippen LogP contribution >= 0.6 is 0 Å². The smallest absolute Gasteiger partial charge is 0.245 e. The lowest BCUT2D eigenvalue weighted by Gasteiger charge is -2.28. The molecule has 1 aromatic carbocycles. The molecule has 3 heteroatoms. The number of aliphatic imine (C=N–C) groups is 1. The molecule has 0 radical (unpaired) electrons. The van der Waals surface area contributed by atoms with Crippen LogP contribution in [0.5, 0.6) is 0 Å². The topological polar surface area (TPSA) is 38.4 Å². The van der Waals surface area contributed by atoms with Gasteiger partial charge in [-0.2, -0.15) is 0 Å². The van der Waals surface area contributed by atoms with Gasteiger partial charge in [-0.15, -0.1) is 0 Å². The van der Waals surface area contributed by atoms with E-state index in [0.717, 1.165) is 22.7 Å². The highest BCUT2D eigenvalue weighted by Crippen LogP contribution is 2.39. The third-order valence-electron chi connectivity index (χ3n) is 4.37. The van der Waals surface area contributed by atoms with Gasteiger partial charge >= 0.3 is 0 Å². The van der Waals surface area contributed by atoms with Crippen molar-refractivity contribution in [3.8, 4) is 11.3 Å². The largest absolute Gasteiger partial charge is 0.440 e. The van der Waals surface area contributed by atoms with Gasteiger partial charge in [0.25, 0.3) is 0 Å². The third kappa shape index (κ3) is 2.23. The highest BCUT2D eigenvalue weighted by molar-refractivity contribution is 5.76. The van der Waals surface area contributed by atoms with Gasteiger partial charge in [-0.1, -0.05) is 35.9 Å². The highest BCUT2D eigenvalue weighted by atomic mass is 16.4. The first kappa shape index (κ1) is 12.6. The van der Waals surface area contributed by atoms with E-state index in [-0.39, 0.29) is 0 Å². The number of allylic oxidation sites excluding steroid dienone is 1. The number of benzene rings is 1. The number of fused-ring (bicyclic) bond motifs is 1. The standard InChI is InChI=1S/C18H18N2O/c1-11-3-5-15(6-4-11)17-12(2)21-18(20-17)16-9-13-7-14(8-13)10-19-16/h3-6,9-10,13-14H,7-8H2,1-2H3. The number of hydrogen-bond donors (Lipinski definition) is 0. The van der Waals surface area contributed by atoms with Gasteiger partial charge in [0.2, 0.25) is 5.89 Å². The number of rotatable bonds is 2. The zero-order chi connectivity index (χ0) is 14.4. The van der Waals surface area contributed by atoms with E-state index >= 15 is 0 Å². The molecule has 2 bridgehead atoms. The number of oxazole rings is 1. The average molecular weight is 278 g/mol. The zero-order valence-electron chi connectivity index (χ0n) is 12.3. The molecule has 1 aliphatic carbocycles. The van der Waals surface area contributed by atoms with Crippen molar-refractivity contribution in [2.75, 3.05) is 0 Å². The van der Waals surface area contributed by atoms with Crippen molar-refractivity contribution in [1.82, 2.24) is 4.98 Å². The number of hydrogen-bond acceptors (Lipinski definition) is 3. The molecule has 3 aliphatic rings. The van der Waals surface area contributed by atoms with Crippen LogP contribution in [0.4, 0.5) is 0 Å². The van der Waals surface area contributed by atoms with Gasteiger partial charge in [-0.3, -0.25) is 4.99 Å². The van der Waals surface area contributed by atoms with Gasteiger partial charge in [0.1, 0.15) is 17.2 Å². The molecule has 3 nitrogen and oxygen atoms in total. The van der Waals surface area contributed by atoms with Crippen LogP contribution in [0.1, 0.15) is 30.1 Å². The fourth-order valence-corrected chi connectivity index (χ4v) is 3.03. The maximum absolute atomic E-state index is 5.87. The summed E-state index contributed by atoms with van der Waals surface area (Å²) < 4.78 is 5.87. The summed E-state index contributed by atoms with van der Waals surface area (Å²) in [6.07, 6.45) is 6.71. The maximum Gasteiger partial charge on any atom is 0.245 e. The molecule has 1 fully saturated rings. The van der Waals surface area contributed by atoms with Crippen LogP contribution in [0, 0.1) is 25.7 Å². The van der Waals surface area contributed by atoms with E-state index in [2.05, 4.69) is 53.5 Å². The lowest BCUT2D eigenvalue weighted by molar-refractivity contribution is 0.324. The van der Waals surface area contributed by atoms with Crippen molar-refractivity contribution < 1.29 is 4.42 Å². The molecular formula is C18H18N2O. The molecule has 5 rings (SSSR count). The molecule has 0 atom stereocenters. The van der Waals surface area contributed by atoms with E-state index in [1.54, 1.807) is 0 Å². The fraction of sp³-hybridized carbons (Fsp3) is 0.333. The molecule has 0 spiro atoms. The van der Waals surface area contributed by atoms with Gasteiger partial charge in [0.15, 0.2) is 0 Å². The lowest BCUT2D eigenvalue weighted by Crippen LogP contribution is -2.21. The summed E-state index contributed by atoms with van der Waals surface area (Å²) in [4.78, 5) is 9.24. The first-order valence-electron chi connectivity index (χ1n) is 7.50. The number of aryl methyl sites for hydroxylation is 2. The Morgan fingerprint density at radius 1 is 1.05 bits per heavy atom. The molecule has 2 aromatic rings. The predicted molar refractivity (Wildman–Crippen MR) is 84.1 cm³/mol. The SMILES string of the molecule is Cc1ccc(-c2nc(C3=CC4CC(C=N3)C4)oc2C)cc1. The number of nitrogens with zero attached hydrogens (tertiary/aromatic N) is 2. The quantitative estimate of drug-likeness (QED) is 0.816. The molecule has 2 aliphatic heterocycles. The second kappa shape index (κ2) is 4.69.